The van der Waals surface area contributed by atoms with Gasteiger partial charge in [-0.15, -0.1) is 0 Å². The number of H-pyrrole nitrogens is 2. The maximum atomic E-state index is 14.0. The number of carbonyl (C=O) groups is 5. The van der Waals surface area contributed by atoms with E-state index in [0.717, 1.165) is 27.8 Å². The second kappa shape index (κ2) is 15.0. The fourth-order valence-corrected chi connectivity index (χ4v) is 6.75. The van der Waals surface area contributed by atoms with Crippen LogP contribution in [-0.2, 0) is 20.8 Å². The summed E-state index contributed by atoms with van der Waals surface area (Å²) < 4.78 is 19.5. The van der Waals surface area contributed by atoms with Gasteiger partial charge in [0.2, 0.25) is 5.91 Å². The van der Waals surface area contributed by atoms with E-state index in [4.69, 9.17) is 4.74 Å². The number of amides is 3. The molecule has 0 fully saturated rings. The number of unbranched alkanes of at least 4 members (excludes halogenated alkanes) is 2. The molecule has 0 unspecified atom stereocenters. The summed E-state index contributed by atoms with van der Waals surface area (Å²) in [4.78, 5) is 71.8. The van der Waals surface area contributed by atoms with Crippen molar-refractivity contribution in [3.63, 3.8) is 0 Å². The lowest BCUT2D eigenvalue weighted by molar-refractivity contribution is -0.134. The highest BCUT2D eigenvalue weighted by molar-refractivity contribution is 6.12. The first-order valence-electron chi connectivity index (χ1n) is 17.3. The van der Waals surface area contributed by atoms with E-state index in [9.17, 15) is 28.4 Å². The van der Waals surface area contributed by atoms with Crippen molar-refractivity contribution >= 4 is 73.9 Å². The van der Waals surface area contributed by atoms with Crippen molar-refractivity contribution in [2.75, 3.05) is 30.4 Å². The highest BCUT2D eigenvalue weighted by Crippen LogP contribution is 2.41. The van der Waals surface area contributed by atoms with Gasteiger partial charge in [0, 0.05) is 71.6 Å². The van der Waals surface area contributed by atoms with Crippen LogP contribution >= 0.6 is 0 Å². The maximum absolute atomic E-state index is 14.0. The van der Waals surface area contributed by atoms with Gasteiger partial charge in [0.15, 0.2) is 0 Å². The molecule has 12 heteroatoms. The van der Waals surface area contributed by atoms with E-state index >= 15 is 0 Å². The zero-order valence-corrected chi connectivity index (χ0v) is 28.9. The van der Waals surface area contributed by atoms with Crippen LogP contribution in [0.2, 0.25) is 0 Å². The molecule has 0 saturated heterocycles. The molecule has 3 amide bonds. The molecule has 2 aromatic heterocycles. The number of fused-ring (bicyclic) bond motifs is 5. The molecule has 53 heavy (non-hydrogen) atoms. The van der Waals surface area contributed by atoms with Crippen molar-refractivity contribution in [3.05, 3.63) is 114 Å². The summed E-state index contributed by atoms with van der Waals surface area (Å²) in [6, 6.07) is 22.3. The number of anilines is 2. The van der Waals surface area contributed by atoms with Gasteiger partial charge in [-0.25, -0.2) is 4.39 Å². The van der Waals surface area contributed by atoms with Gasteiger partial charge in [-0.1, -0.05) is 30.7 Å². The van der Waals surface area contributed by atoms with Crippen molar-refractivity contribution in [1.29, 1.82) is 0 Å². The molecule has 268 valence electrons. The molecule has 0 spiro atoms. The number of nitrogens with one attached hydrogen (secondary N) is 3. The van der Waals surface area contributed by atoms with Crippen LogP contribution in [0.1, 0.15) is 52.2 Å². The molecule has 3 heterocycles. The van der Waals surface area contributed by atoms with E-state index in [1.54, 1.807) is 54.4 Å². The highest BCUT2D eigenvalue weighted by atomic mass is 19.1. The van der Waals surface area contributed by atoms with Gasteiger partial charge in [-0.05, 0) is 84.8 Å². The third-order valence-electron chi connectivity index (χ3n) is 9.44. The summed E-state index contributed by atoms with van der Waals surface area (Å²) in [5.74, 6) is -1.27. The van der Waals surface area contributed by atoms with Gasteiger partial charge >= 0.3 is 5.97 Å². The number of halogens is 1. The van der Waals surface area contributed by atoms with E-state index < -0.39 is 0 Å². The smallest absolute Gasteiger partial charge is 0.311 e. The molecule has 0 bridgehead atoms. The first-order chi connectivity index (χ1) is 25.7. The van der Waals surface area contributed by atoms with Gasteiger partial charge in [0.1, 0.15) is 29.2 Å². The average molecular weight is 714 g/mol. The highest BCUT2D eigenvalue weighted by Gasteiger charge is 2.30. The summed E-state index contributed by atoms with van der Waals surface area (Å²) in [5, 5.41) is 5.89. The van der Waals surface area contributed by atoms with Crippen molar-refractivity contribution in [2.24, 2.45) is 0 Å². The van der Waals surface area contributed by atoms with E-state index in [-0.39, 0.29) is 35.9 Å². The zero-order valence-electron chi connectivity index (χ0n) is 28.9. The first kappa shape index (κ1) is 34.9. The number of aromatic amines is 2. The normalized spacial score (nSPS) is 12.5. The van der Waals surface area contributed by atoms with Gasteiger partial charge in [-0.2, -0.15) is 0 Å². The minimum absolute atomic E-state index is 0.190. The monoisotopic (exact) mass is 713 g/mol. The lowest BCUT2D eigenvalue weighted by Crippen LogP contribution is -2.29. The van der Waals surface area contributed by atoms with Crippen molar-refractivity contribution < 1.29 is 33.1 Å². The molecule has 0 aliphatic carbocycles. The number of esters is 1. The number of likely N-dealkylation sites (N-methyl/N-ethyl adjacent to an activating group) is 1. The van der Waals surface area contributed by atoms with Gasteiger partial charge in [-0.3, -0.25) is 24.0 Å². The van der Waals surface area contributed by atoms with E-state index in [2.05, 4.69) is 15.3 Å². The topological polar surface area (TPSA) is 145 Å². The molecule has 3 N–H and O–H groups in total. The number of aldehydes is 1. The number of carbonyl (C=O) groups excluding carboxylic acids is 5. The Morgan fingerprint density at radius 3 is 2.43 bits per heavy atom. The third-order valence-corrected chi connectivity index (χ3v) is 9.44. The molecule has 4 aromatic carbocycles. The lowest BCUT2D eigenvalue weighted by atomic mass is 10.0. The summed E-state index contributed by atoms with van der Waals surface area (Å²) >= 11 is 0. The Labute approximate surface area is 303 Å². The Kier molecular flexibility index (Phi) is 9.85. The number of ether oxygens (including phenoxy) is 1. The van der Waals surface area contributed by atoms with E-state index in [1.807, 2.05) is 24.3 Å². The predicted octanol–water partition coefficient (Wildman–Crippen LogP) is 7.08. The minimum atomic E-state index is -0.388. The Hall–Kier alpha value is -6.56. The van der Waals surface area contributed by atoms with Crippen molar-refractivity contribution in [3.8, 4) is 5.75 Å². The fraction of sp³-hybridized carbons (Fsp3) is 0.195. The number of nitrogens with zero attached hydrogens (tertiary/aromatic N) is 2. The van der Waals surface area contributed by atoms with Crippen LogP contribution in [0.15, 0.2) is 91.0 Å². The molecule has 0 radical (unpaired) electrons. The van der Waals surface area contributed by atoms with Gasteiger partial charge < -0.3 is 29.8 Å². The Bertz CT molecular complexity index is 2450. The summed E-state index contributed by atoms with van der Waals surface area (Å²) in [6.07, 6.45) is 5.75. The average Bonchev–Trinajstić information content (AvgIpc) is 3.90. The largest absolute Gasteiger partial charge is 0.426 e. The molecule has 6 aromatic rings. The molecular weight excluding hydrogens is 677 g/mol. The van der Waals surface area contributed by atoms with Gasteiger partial charge in [0.25, 0.3) is 11.8 Å². The number of benzene rings is 4. The number of hydrogen-bond acceptors (Lipinski definition) is 6. The molecular formula is C41H36FN5O6. The second-order valence-electron chi connectivity index (χ2n) is 13.0. The second-order valence-corrected chi connectivity index (χ2v) is 13.0. The number of hydrogen-bond donors (Lipinski definition) is 3. The predicted molar refractivity (Wildman–Crippen MR) is 201 cm³/mol. The molecule has 1 aliphatic heterocycles. The summed E-state index contributed by atoms with van der Waals surface area (Å²) in [5.41, 5.74) is 4.23. The minimum Gasteiger partial charge on any atom is -0.426 e. The maximum Gasteiger partial charge on any atom is 0.311 e. The standard InChI is InChI=1S/C41H36FN5O6/c1-46(38(49)10-7-19-48)17-6-2-3-11-39(50)53-37-24-36-30(29-8-4-5-9-31(29)37)16-18-47(36)41(52)35-23-26-21-28(13-15-33(26)45-35)43-40(51)34-22-25-20-27(42)12-14-32(25)44-34/h4-5,7-10,12-15,19-24,44-45H,2-3,6,11,16-18H2,1H3,(H,43,51)/b10-7-. The number of aromatic nitrogens is 2. The summed E-state index contributed by atoms with van der Waals surface area (Å²) in [7, 11) is 1.66. The van der Waals surface area contributed by atoms with Crippen LogP contribution in [-0.4, -0.2) is 65.0 Å². The number of rotatable bonds is 12. The third kappa shape index (κ3) is 7.43. The van der Waals surface area contributed by atoms with Crippen LogP contribution < -0.4 is 15.0 Å². The van der Waals surface area contributed by atoms with Crippen LogP contribution in [0.25, 0.3) is 32.6 Å². The van der Waals surface area contributed by atoms with Crippen LogP contribution in [0, 0.1) is 5.82 Å². The molecule has 7 rings (SSSR count). The van der Waals surface area contributed by atoms with Gasteiger partial charge in [0.05, 0.1) is 5.69 Å². The van der Waals surface area contributed by atoms with Crippen LogP contribution in [0.5, 0.6) is 5.75 Å². The number of allylic oxidation sites excluding steroid dienone is 1. The first-order valence-corrected chi connectivity index (χ1v) is 17.3. The zero-order chi connectivity index (χ0) is 37.1. The Balaban J connectivity index is 1.03. The lowest BCUT2D eigenvalue weighted by Gasteiger charge is -2.19. The van der Waals surface area contributed by atoms with Crippen LogP contribution in [0.3, 0.4) is 0 Å². The Morgan fingerprint density at radius 2 is 1.62 bits per heavy atom. The molecule has 0 atom stereocenters. The quantitative estimate of drug-likeness (QED) is 0.0407. The van der Waals surface area contributed by atoms with Crippen molar-refractivity contribution in [2.45, 2.75) is 32.1 Å². The summed E-state index contributed by atoms with van der Waals surface area (Å²) in [6.45, 7) is 0.947. The molecule has 1 aliphatic rings. The van der Waals surface area contributed by atoms with Crippen LogP contribution in [0.4, 0.5) is 15.8 Å². The van der Waals surface area contributed by atoms with Crippen molar-refractivity contribution in [1.82, 2.24) is 14.9 Å². The van der Waals surface area contributed by atoms with E-state index in [0.29, 0.717) is 90.0 Å². The fourth-order valence-electron chi connectivity index (χ4n) is 6.75. The Morgan fingerprint density at radius 1 is 0.887 bits per heavy atom. The molecule has 0 saturated carbocycles. The molecule has 11 nitrogen and oxygen atoms in total. The SMILES string of the molecule is CN(CCCCCC(=O)Oc1cc2c(c3ccccc13)CCN2C(=O)c1cc2cc(NC(=O)c3cc4cc(F)ccc4[nH]3)ccc2[nH]1)C(=O)/C=C\C=O. The van der Waals surface area contributed by atoms with E-state index in [1.165, 1.54) is 23.1 Å².